The van der Waals surface area contributed by atoms with Crippen LogP contribution in [0.2, 0.25) is 0 Å². The van der Waals surface area contributed by atoms with E-state index in [1.165, 1.54) is 33.5 Å². The van der Waals surface area contributed by atoms with Crippen molar-refractivity contribution in [2.45, 2.75) is 12.5 Å². The van der Waals surface area contributed by atoms with Gasteiger partial charge in [-0.05, 0) is 30.8 Å². The lowest BCUT2D eigenvalue weighted by Crippen LogP contribution is -2.44. The summed E-state index contributed by atoms with van der Waals surface area (Å²) in [7, 11) is 1.34. The third kappa shape index (κ3) is 4.73. The lowest BCUT2D eigenvalue weighted by atomic mass is 10.1. The van der Waals surface area contributed by atoms with Crippen LogP contribution in [0.15, 0.2) is 12.1 Å². The van der Waals surface area contributed by atoms with E-state index in [4.69, 9.17) is 26.4 Å². The number of hydrogen-bond donors (Lipinski definition) is 2. The molecule has 1 amide bonds. The van der Waals surface area contributed by atoms with Crippen LogP contribution in [-0.2, 0) is 9.84 Å². The molecule has 1 aliphatic heterocycles. The Kier molecular flexibility index (Phi) is 6.07. The number of sulfone groups is 1. The lowest BCUT2D eigenvalue weighted by molar-refractivity contribution is 0.0975. The van der Waals surface area contributed by atoms with Gasteiger partial charge >= 0.3 is 0 Å². The van der Waals surface area contributed by atoms with E-state index in [2.05, 4.69) is 10.6 Å². The molecular formula is C15H20N2O6S2. The van der Waals surface area contributed by atoms with E-state index in [-0.39, 0.29) is 28.2 Å². The van der Waals surface area contributed by atoms with Gasteiger partial charge in [0.15, 0.2) is 26.4 Å². The second-order valence-corrected chi connectivity index (χ2v) is 8.08. The largest absolute Gasteiger partial charge is 0.493 e. The van der Waals surface area contributed by atoms with Crippen LogP contribution in [0.25, 0.3) is 0 Å². The Bertz CT molecular complexity index is 753. The van der Waals surface area contributed by atoms with Gasteiger partial charge in [-0.25, -0.2) is 8.42 Å². The van der Waals surface area contributed by atoms with Gasteiger partial charge in [-0.15, -0.1) is 0 Å². The van der Waals surface area contributed by atoms with Crippen LogP contribution in [0.3, 0.4) is 0 Å². The monoisotopic (exact) mass is 388 g/mol. The zero-order valence-corrected chi connectivity index (χ0v) is 15.8. The summed E-state index contributed by atoms with van der Waals surface area (Å²) in [6, 6.07) is 2.70. The molecule has 25 heavy (non-hydrogen) atoms. The Balaban J connectivity index is 2.08. The molecule has 8 nitrogen and oxygen atoms in total. The number of thiocarbonyl (C=S) groups is 1. The summed E-state index contributed by atoms with van der Waals surface area (Å²) >= 11 is 5.09. The topological polar surface area (TPSA) is 103 Å². The van der Waals surface area contributed by atoms with Crippen LogP contribution >= 0.6 is 12.2 Å². The van der Waals surface area contributed by atoms with Gasteiger partial charge in [0.2, 0.25) is 5.75 Å². The standard InChI is InChI=1S/C15H20N2O6S2/c1-21-11-6-9(7-12(22-2)13(11)23-3)14(18)17-15(24)16-10-4-5-25(19,20)8-10/h6-7,10H,4-5,8H2,1-3H3,(H2,16,17,18,24). The molecule has 1 atom stereocenters. The minimum Gasteiger partial charge on any atom is -0.493 e. The lowest BCUT2D eigenvalue weighted by Gasteiger charge is -2.16. The van der Waals surface area contributed by atoms with Gasteiger partial charge in [0.25, 0.3) is 5.91 Å². The van der Waals surface area contributed by atoms with Gasteiger partial charge in [-0.3, -0.25) is 10.1 Å². The number of amides is 1. The highest BCUT2D eigenvalue weighted by atomic mass is 32.2. The highest BCUT2D eigenvalue weighted by Crippen LogP contribution is 2.38. The number of benzene rings is 1. The van der Waals surface area contributed by atoms with Crippen molar-refractivity contribution in [3.63, 3.8) is 0 Å². The van der Waals surface area contributed by atoms with Crippen LogP contribution in [0.4, 0.5) is 0 Å². The Morgan fingerprint density at radius 1 is 1.16 bits per heavy atom. The zero-order valence-electron chi connectivity index (χ0n) is 14.1. The van der Waals surface area contributed by atoms with Crippen molar-refractivity contribution < 1.29 is 27.4 Å². The first-order valence-corrected chi connectivity index (χ1v) is 9.65. The molecule has 0 aromatic heterocycles. The first kappa shape index (κ1) is 19.3. The van der Waals surface area contributed by atoms with Crippen molar-refractivity contribution in [3.8, 4) is 17.2 Å². The second kappa shape index (κ2) is 7.87. The van der Waals surface area contributed by atoms with Crippen LogP contribution in [-0.4, -0.2) is 58.3 Å². The molecule has 1 aliphatic rings. The van der Waals surface area contributed by atoms with Gasteiger partial charge in [-0.2, -0.15) is 0 Å². The quantitative estimate of drug-likeness (QED) is 0.703. The molecule has 2 rings (SSSR count). The summed E-state index contributed by atoms with van der Waals surface area (Å²) in [5.41, 5.74) is 0.262. The zero-order chi connectivity index (χ0) is 18.6. The highest BCUT2D eigenvalue weighted by molar-refractivity contribution is 7.91. The van der Waals surface area contributed by atoms with E-state index in [1.54, 1.807) is 0 Å². The number of carbonyl (C=O) groups excluding carboxylic acids is 1. The first-order valence-electron chi connectivity index (χ1n) is 7.42. The molecule has 1 saturated heterocycles. The predicted octanol–water partition coefficient (Wildman–Crippen LogP) is 0.504. The van der Waals surface area contributed by atoms with Gasteiger partial charge in [0.05, 0.1) is 32.8 Å². The number of carbonyl (C=O) groups is 1. The molecule has 138 valence electrons. The fourth-order valence-corrected chi connectivity index (χ4v) is 4.45. The molecule has 2 N–H and O–H groups in total. The summed E-state index contributed by atoms with van der Waals surface area (Å²) < 4.78 is 38.5. The maximum atomic E-state index is 12.4. The van der Waals surface area contributed by atoms with Crippen LogP contribution in [0.5, 0.6) is 17.2 Å². The van der Waals surface area contributed by atoms with Crippen molar-refractivity contribution >= 4 is 33.1 Å². The Hall–Kier alpha value is -2.07. The summed E-state index contributed by atoms with van der Waals surface area (Å²) in [6.07, 6.45) is 0.461. The molecule has 0 radical (unpaired) electrons. The Morgan fingerprint density at radius 2 is 1.76 bits per heavy atom. The van der Waals surface area contributed by atoms with Gasteiger partial charge in [0, 0.05) is 11.6 Å². The van der Waals surface area contributed by atoms with Crippen molar-refractivity contribution in [2.75, 3.05) is 32.8 Å². The third-order valence-corrected chi connectivity index (χ3v) is 5.71. The van der Waals surface area contributed by atoms with E-state index >= 15 is 0 Å². The SMILES string of the molecule is COc1cc(C(=O)NC(=S)NC2CCS(=O)(=O)C2)cc(OC)c1OC. The number of nitrogens with one attached hydrogen (secondary N) is 2. The summed E-state index contributed by atoms with van der Waals surface area (Å²) in [6.45, 7) is 0. The minimum absolute atomic E-state index is 0.00713. The van der Waals surface area contributed by atoms with E-state index in [0.29, 0.717) is 23.7 Å². The van der Waals surface area contributed by atoms with Gasteiger partial charge < -0.3 is 19.5 Å². The first-order chi connectivity index (χ1) is 11.8. The second-order valence-electron chi connectivity index (χ2n) is 5.44. The predicted molar refractivity (Wildman–Crippen MR) is 96.4 cm³/mol. The molecule has 0 saturated carbocycles. The van der Waals surface area contributed by atoms with E-state index in [1.807, 2.05) is 0 Å². The fraction of sp³-hybridized carbons (Fsp3) is 0.467. The molecule has 1 fully saturated rings. The van der Waals surface area contributed by atoms with E-state index in [0.717, 1.165) is 0 Å². The highest BCUT2D eigenvalue weighted by Gasteiger charge is 2.28. The normalized spacial score (nSPS) is 18.3. The van der Waals surface area contributed by atoms with Crippen molar-refractivity contribution in [1.29, 1.82) is 0 Å². The molecule has 1 aromatic carbocycles. The van der Waals surface area contributed by atoms with Crippen molar-refractivity contribution in [1.82, 2.24) is 10.6 Å². The van der Waals surface area contributed by atoms with E-state index < -0.39 is 15.7 Å². The van der Waals surface area contributed by atoms with Crippen LogP contribution in [0, 0.1) is 0 Å². The van der Waals surface area contributed by atoms with E-state index in [9.17, 15) is 13.2 Å². The smallest absolute Gasteiger partial charge is 0.257 e. The molecule has 0 spiro atoms. The number of methoxy groups -OCH3 is 3. The molecule has 1 unspecified atom stereocenters. The molecule has 10 heteroatoms. The maximum Gasteiger partial charge on any atom is 0.257 e. The van der Waals surface area contributed by atoms with Gasteiger partial charge in [0.1, 0.15) is 0 Å². The average Bonchev–Trinajstić information content (AvgIpc) is 2.91. The van der Waals surface area contributed by atoms with Crippen molar-refractivity contribution in [2.24, 2.45) is 0 Å². The Labute approximate surface area is 151 Å². The summed E-state index contributed by atoms with van der Waals surface area (Å²) in [4.78, 5) is 12.4. The molecule has 0 bridgehead atoms. The molecular weight excluding hydrogens is 368 g/mol. The Morgan fingerprint density at radius 3 is 2.20 bits per heavy atom. The van der Waals surface area contributed by atoms with Crippen LogP contribution < -0.4 is 24.8 Å². The number of rotatable bonds is 5. The number of hydrogen-bond acceptors (Lipinski definition) is 7. The van der Waals surface area contributed by atoms with Crippen molar-refractivity contribution in [3.05, 3.63) is 17.7 Å². The summed E-state index contributed by atoms with van der Waals surface area (Å²) in [5.74, 6) is 0.706. The molecule has 1 heterocycles. The molecule has 1 aromatic rings. The average molecular weight is 388 g/mol. The van der Waals surface area contributed by atoms with Crippen LogP contribution in [0.1, 0.15) is 16.8 Å². The fourth-order valence-electron chi connectivity index (χ4n) is 2.52. The van der Waals surface area contributed by atoms with Gasteiger partial charge in [-0.1, -0.05) is 0 Å². The maximum absolute atomic E-state index is 12.4. The number of ether oxygens (including phenoxy) is 3. The third-order valence-electron chi connectivity index (χ3n) is 3.72. The molecule has 0 aliphatic carbocycles. The minimum atomic E-state index is -3.03. The summed E-state index contributed by atoms with van der Waals surface area (Å²) in [5, 5.41) is 5.44.